The van der Waals surface area contributed by atoms with Crippen LogP contribution in [0, 0.1) is 0 Å². The standard InChI is InChI=1S/C18H16F3NO5/c19-18(20,21)15-10-13(6-7-14(15)16(23)24)26-9-8-22-17(25)27-11-12-4-2-1-3-5-12/h1-7,10H,8-9,11H2,(H,22,25)(H,23,24). The second-order valence-electron chi connectivity index (χ2n) is 5.35. The van der Waals surface area contributed by atoms with Gasteiger partial charge in [-0.05, 0) is 23.8 Å². The van der Waals surface area contributed by atoms with Crippen molar-refractivity contribution in [3.8, 4) is 5.75 Å². The van der Waals surface area contributed by atoms with E-state index in [2.05, 4.69) is 5.32 Å². The minimum absolute atomic E-state index is 0.00431. The molecule has 0 aromatic heterocycles. The van der Waals surface area contributed by atoms with E-state index in [9.17, 15) is 22.8 Å². The van der Waals surface area contributed by atoms with E-state index < -0.39 is 29.4 Å². The summed E-state index contributed by atoms with van der Waals surface area (Å²) in [5.74, 6) is -1.84. The van der Waals surface area contributed by atoms with Crippen LogP contribution in [-0.4, -0.2) is 30.3 Å². The lowest BCUT2D eigenvalue weighted by Gasteiger charge is -2.13. The number of amides is 1. The number of alkyl carbamates (subject to hydrolysis) is 1. The predicted octanol–water partition coefficient (Wildman–Crippen LogP) is 3.71. The normalized spacial score (nSPS) is 10.9. The topological polar surface area (TPSA) is 84.9 Å². The molecule has 0 saturated heterocycles. The molecule has 1 amide bonds. The van der Waals surface area contributed by atoms with Crippen LogP contribution in [0.25, 0.3) is 0 Å². The molecule has 0 radical (unpaired) electrons. The number of carboxylic acid groups (broad SMARTS) is 1. The fraction of sp³-hybridized carbons (Fsp3) is 0.222. The van der Waals surface area contributed by atoms with Crippen LogP contribution in [-0.2, 0) is 17.5 Å². The summed E-state index contributed by atoms with van der Waals surface area (Å²) in [4.78, 5) is 22.4. The lowest BCUT2D eigenvalue weighted by Crippen LogP contribution is -2.28. The summed E-state index contributed by atoms with van der Waals surface area (Å²) < 4.78 is 48.8. The fourth-order valence-corrected chi connectivity index (χ4v) is 2.13. The summed E-state index contributed by atoms with van der Waals surface area (Å²) in [6.07, 6.45) is -5.52. The first kappa shape index (κ1) is 20.1. The number of carbonyl (C=O) groups is 2. The van der Waals surface area contributed by atoms with Gasteiger partial charge in [-0.2, -0.15) is 13.2 Å². The monoisotopic (exact) mass is 383 g/mol. The molecule has 0 fully saturated rings. The summed E-state index contributed by atoms with van der Waals surface area (Å²) in [6.45, 7) is -0.0427. The highest BCUT2D eigenvalue weighted by atomic mass is 19.4. The molecule has 0 atom stereocenters. The van der Waals surface area contributed by atoms with Gasteiger partial charge in [-0.3, -0.25) is 0 Å². The van der Waals surface area contributed by atoms with E-state index in [0.29, 0.717) is 6.07 Å². The van der Waals surface area contributed by atoms with Crippen LogP contribution < -0.4 is 10.1 Å². The molecule has 27 heavy (non-hydrogen) atoms. The number of benzene rings is 2. The molecule has 0 spiro atoms. The molecule has 0 bridgehead atoms. The summed E-state index contributed by atoms with van der Waals surface area (Å²) in [5.41, 5.74) is -1.36. The minimum Gasteiger partial charge on any atom is -0.492 e. The summed E-state index contributed by atoms with van der Waals surface area (Å²) >= 11 is 0. The second kappa shape index (κ2) is 8.93. The Bertz CT molecular complexity index is 793. The zero-order valence-corrected chi connectivity index (χ0v) is 14.0. The van der Waals surface area contributed by atoms with Crippen LogP contribution in [0.15, 0.2) is 48.5 Å². The predicted molar refractivity (Wildman–Crippen MR) is 88.5 cm³/mol. The molecule has 2 rings (SSSR count). The van der Waals surface area contributed by atoms with Crippen LogP contribution in [0.5, 0.6) is 5.75 Å². The van der Waals surface area contributed by atoms with Crippen molar-refractivity contribution >= 4 is 12.1 Å². The van der Waals surface area contributed by atoms with E-state index in [-0.39, 0.29) is 25.5 Å². The lowest BCUT2D eigenvalue weighted by molar-refractivity contribution is -0.138. The van der Waals surface area contributed by atoms with Gasteiger partial charge in [0.15, 0.2) is 0 Å². The Hall–Kier alpha value is -3.23. The third-order valence-corrected chi connectivity index (χ3v) is 3.38. The zero-order valence-electron chi connectivity index (χ0n) is 14.0. The highest BCUT2D eigenvalue weighted by Gasteiger charge is 2.35. The fourth-order valence-electron chi connectivity index (χ4n) is 2.13. The van der Waals surface area contributed by atoms with Crippen LogP contribution >= 0.6 is 0 Å². The Morgan fingerprint density at radius 2 is 1.78 bits per heavy atom. The molecular formula is C18H16F3NO5. The number of alkyl halides is 3. The molecule has 2 N–H and O–H groups in total. The maximum atomic E-state index is 12.9. The smallest absolute Gasteiger partial charge is 0.417 e. The van der Waals surface area contributed by atoms with Crippen molar-refractivity contribution in [1.82, 2.24) is 5.32 Å². The van der Waals surface area contributed by atoms with Crippen LogP contribution in [0.3, 0.4) is 0 Å². The molecule has 0 heterocycles. The van der Waals surface area contributed by atoms with E-state index in [1.807, 2.05) is 6.07 Å². The van der Waals surface area contributed by atoms with Crippen molar-refractivity contribution in [2.24, 2.45) is 0 Å². The van der Waals surface area contributed by atoms with E-state index in [1.54, 1.807) is 24.3 Å². The lowest BCUT2D eigenvalue weighted by atomic mass is 10.1. The average Bonchev–Trinajstić information content (AvgIpc) is 2.63. The number of carbonyl (C=O) groups excluding carboxylic acids is 1. The number of nitrogens with one attached hydrogen (secondary N) is 1. The highest BCUT2D eigenvalue weighted by Crippen LogP contribution is 2.34. The van der Waals surface area contributed by atoms with Crippen molar-refractivity contribution in [3.05, 3.63) is 65.2 Å². The molecule has 0 aliphatic rings. The Kier molecular flexibility index (Phi) is 6.64. The van der Waals surface area contributed by atoms with Gasteiger partial charge in [0.05, 0.1) is 17.7 Å². The first-order chi connectivity index (χ1) is 12.8. The molecule has 9 heteroatoms. The number of halogens is 3. The van der Waals surface area contributed by atoms with Crippen molar-refractivity contribution in [3.63, 3.8) is 0 Å². The van der Waals surface area contributed by atoms with Gasteiger partial charge in [-0.15, -0.1) is 0 Å². The summed E-state index contributed by atoms with van der Waals surface area (Å²) in [5, 5.41) is 11.2. The molecule has 0 aliphatic carbocycles. The van der Waals surface area contributed by atoms with E-state index in [0.717, 1.165) is 17.7 Å². The minimum atomic E-state index is -4.83. The zero-order chi connectivity index (χ0) is 19.9. The van der Waals surface area contributed by atoms with Crippen molar-refractivity contribution in [2.75, 3.05) is 13.2 Å². The number of hydrogen-bond acceptors (Lipinski definition) is 4. The molecule has 2 aromatic rings. The third kappa shape index (κ3) is 6.21. The van der Waals surface area contributed by atoms with Gasteiger partial charge in [0.2, 0.25) is 0 Å². The van der Waals surface area contributed by atoms with E-state index in [4.69, 9.17) is 14.6 Å². The average molecular weight is 383 g/mol. The van der Waals surface area contributed by atoms with E-state index in [1.165, 1.54) is 0 Å². The maximum Gasteiger partial charge on any atom is 0.417 e. The van der Waals surface area contributed by atoms with Gasteiger partial charge in [-0.1, -0.05) is 30.3 Å². The highest BCUT2D eigenvalue weighted by molar-refractivity contribution is 5.89. The van der Waals surface area contributed by atoms with Gasteiger partial charge in [0, 0.05) is 0 Å². The molecule has 0 unspecified atom stereocenters. The SMILES string of the molecule is O=C(NCCOc1ccc(C(=O)O)c(C(F)(F)F)c1)OCc1ccccc1. The third-order valence-electron chi connectivity index (χ3n) is 3.38. The summed E-state index contributed by atoms with van der Waals surface area (Å²) in [6, 6.07) is 11.6. The Labute approximate surface area is 152 Å². The maximum absolute atomic E-state index is 12.9. The number of ether oxygens (including phenoxy) is 2. The van der Waals surface area contributed by atoms with Crippen LogP contribution in [0.2, 0.25) is 0 Å². The Morgan fingerprint density at radius 3 is 2.41 bits per heavy atom. The van der Waals surface area contributed by atoms with Gasteiger partial charge in [0.25, 0.3) is 0 Å². The molecular weight excluding hydrogens is 367 g/mol. The van der Waals surface area contributed by atoms with Crippen LogP contribution in [0.1, 0.15) is 21.5 Å². The molecule has 0 saturated carbocycles. The number of carboxylic acids is 1. The van der Waals surface area contributed by atoms with Gasteiger partial charge < -0.3 is 19.9 Å². The van der Waals surface area contributed by atoms with Crippen molar-refractivity contribution in [2.45, 2.75) is 12.8 Å². The van der Waals surface area contributed by atoms with Gasteiger partial charge in [0.1, 0.15) is 19.0 Å². The van der Waals surface area contributed by atoms with Crippen molar-refractivity contribution in [1.29, 1.82) is 0 Å². The number of rotatable bonds is 7. The second-order valence-corrected chi connectivity index (χ2v) is 5.35. The number of aromatic carboxylic acids is 1. The molecule has 144 valence electrons. The Morgan fingerprint density at radius 1 is 1.07 bits per heavy atom. The Balaban J connectivity index is 1.81. The van der Waals surface area contributed by atoms with Gasteiger partial charge in [-0.25, -0.2) is 9.59 Å². The quantitative estimate of drug-likeness (QED) is 0.712. The molecule has 0 aliphatic heterocycles. The first-order valence-electron chi connectivity index (χ1n) is 7.79. The largest absolute Gasteiger partial charge is 0.492 e. The van der Waals surface area contributed by atoms with Gasteiger partial charge >= 0.3 is 18.2 Å². The van der Waals surface area contributed by atoms with Crippen LogP contribution in [0.4, 0.5) is 18.0 Å². The first-order valence-corrected chi connectivity index (χ1v) is 7.79. The summed E-state index contributed by atoms with van der Waals surface area (Å²) in [7, 11) is 0. The molecule has 2 aromatic carbocycles. The molecule has 6 nitrogen and oxygen atoms in total. The van der Waals surface area contributed by atoms with E-state index >= 15 is 0 Å². The number of hydrogen-bond donors (Lipinski definition) is 2. The van der Waals surface area contributed by atoms with Crippen molar-refractivity contribution < 1.29 is 37.3 Å².